The van der Waals surface area contributed by atoms with Gasteiger partial charge in [0.05, 0.1) is 13.7 Å². The molecule has 1 saturated heterocycles. The summed E-state index contributed by atoms with van der Waals surface area (Å²) < 4.78 is 15.9. The predicted molar refractivity (Wildman–Crippen MR) is 79.6 cm³/mol. The van der Waals surface area contributed by atoms with Gasteiger partial charge in [-0.25, -0.2) is 4.79 Å². The van der Waals surface area contributed by atoms with E-state index in [0.29, 0.717) is 19.8 Å². The van der Waals surface area contributed by atoms with Gasteiger partial charge in [-0.2, -0.15) is 0 Å². The molecule has 1 atom stereocenters. The fraction of sp³-hybridized carbons (Fsp3) is 0.562. The van der Waals surface area contributed by atoms with E-state index in [-0.39, 0.29) is 5.97 Å². The molecule has 5 heteroatoms. The van der Waals surface area contributed by atoms with Crippen LogP contribution >= 0.6 is 0 Å². The Labute approximate surface area is 125 Å². The SMILES string of the molecule is COC(=O)C1CN(CCOc2cc(C)cc(C)c2)CCO1. The number of benzene rings is 1. The highest BCUT2D eigenvalue weighted by atomic mass is 16.6. The van der Waals surface area contributed by atoms with Crippen molar-refractivity contribution < 1.29 is 19.0 Å². The number of aryl methyl sites for hydroxylation is 2. The first-order valence-electron chi connectivity index (χ1n) is 7.21. The van der Waals surface area contributed by atoms with E-state index in [1.807, 2.05) is 12.1 Å². The Morgan fingerprint density at radius 3 is 2.71 bits per heavy atom. The fourth-order valence-electron chi connectivity index (χ4n) is 2.49. The zero-order valence-electron chi connectivity index (χ0n) is 12.9. The Bertz CT molecular complexity index is 469. The molecule has 1 aromatic rings. The molecule has 1 aliphatic heterocycles. The summed E-state index contributed by atoms with van der Waals surface area (Å²) in [5.41, 5.74) is 2.39. The number of hydrogen-bond acceptors (Lipinski definition) is 5. The molecule has 0 spiro atoms. The van der Waals surface area contributed by atoms with E-state index >= 15 is 0 Å². The van der Waals surface area contributed by atoms with E-state index in [2.05, 4.69) is 24.8 Å². The van der Waals surface area contributed by atoms with Crippen molar-refractivity contribution in [3.63, 3.8) is 0 Å². The van der Waals surface area contributed by atoms with Crippen molar-refractivity contribution in [2.75, 3.05) is 40.0 Å². The molecular weight excluding hydrogens is 270 g/mol. The van der Waals surface area contributed by atoms with E-state index < -0.39 is 6.10 Å². The van der Waals surface area contributed by atoms with E-state index in [0.717, 1.165) is 18.8 Å². The van der Waals surface area contributed by atoms with Crippen molar-refractivity contribution >= 4 is 5.97 Å². The lowest BCUT2D eigenvalue weighted by molar-refractivity contribution is -0.159. The Morgan fingerprint density at radius 1 is 1.33 bits per heavy atom. The van der Waals surface area contributed by atoms with Crippen LogP contribution in [0.2, 0.25) is 0 Å². The quantitative estimate of drug-likeness (QED) is 0.771. The van der Waals surface area contributed by atoms with Gasteiger partial charge in [-0.15, -0.1) is 0 Å². The average Bonchev–Trinajstić information content (AvgIpc) is 2.46. The summed E-state index contributed by atoms with van der Waals surface area (Å²) in [5, 5.41) is 0. The minimum atomic E-state index is -0.482. The third-order valence-corrected chi connectivity index (χ3v) is 3.49. The van der Waals surface area contributed by atoms with Crippen LogP contribution in [0.5, 0.6) is 5.75 Å². The van der Waals surface area contributed by atoms with Crippen LogP contribution in [-0.4, -0.2) is 56.9 Å². The summed E-state index contributed by atoms with van der Waals surface area (Å²) in [5.74, 6) is 0.584. The maximum absolute atomic E-state index is 11.5. The molecule has 2 rings (SSSR count). The first-order chi connectivity index (χ1) is 10.1. The summed E-state index contributed by atoms with van der Waals surface area (Å²) in [6, 6.07) is 6.18. The monoisotopic (exact) mass is 293 g/mol. The summed E-state index contributed by atoms with van der Waals surface area (Å²) in [4.78, 5) is 13.6. The lowest BCUT2D eigenvalue weighted by Gasteiger charge is -2.31. The van der Waals surface area contributed by atoms with E-state index in [1.165, 1.54) is 18.2 Å². The Balaban J connectivity index is 1.79. The van der Waals surface area contributed by atoms with Gasteiger partial charge in [-0.3, -0.25) is 4.90 Å². The predicted octanol–water partition coefficient (Wildman–Crippen LogP) is 1.56. The van der Waals surface area contributed by atoms with Crippen LogP contribution in [-0.2, 0) is 14.3 Å². The largest absolute Gasteiger partial charge is 0.492 e. The highest BCUT2D eigenvalue weighted by Crippen LogP contribution is 2.16. The van der Waals surface area contributed by atoms with Crippen LogP contribution in [0.4, 0.5) is 0 Å². The van der Waals surface area contributed by atoms with E-state index in [1.54, 1.807) is 0 Å². The number of esters is 1. The second-order valence-corrected chi connectivity index (χ2v) is 5.36. The van der Waals surface area contributed by atoms with Gasteiger partial charge in [-0.1, -0.05) is 6.07 Å². The number of morpholine rings is 1. The smallest absolute Gasteiger partial charge is 0.336 e. The molecule has 0 amide bonds. The molecular formula is C16H23NO4. The Hall–Kier alpha value is -1.59. The molecule has 1 aromatic carbocycles. The van der Waals surface area contributed by atoms with Gasteiger partial charge in [-0.05, 0) is 37.1 Å². The zero-order chi connectivity index (χ0) is 15.2. The standard InChI is InChI=1S/C16H23NO4/c1-12-8-13(2)10-14(9-12)20-6-4-17-5-7-21-15(11-17)16(18)19-3/h8-10,15H,4-7,11H2,1-3H3. The second kappa shape index (κ2) is 7.43. The van der Waals surface area contributed by atoms with Crippen LogP contribution < -0.4 is 4.74 Å². The molecule has 1 aliphatic rings. The second-order valence-electron chi connectivity index (χ2n) is 5.36. The van der Waals surface area contributed by atoms with Gasteiger partial charge in [0.15, 0.2) is 6.10 Å². The topological polar surface area (TPSA) is 48.0 Å². The van der Waals surface area contributed by atoms with Gasteiger partial charge >= 0.3 is 5.97 Å². The van der Waals surface area contributed by atoms with Crippen LogP contribution in [0.25, 0.3) is 0 Å². The molecule has 0 bridgehead atoms. The maximum Gasteiger partial charge on any atom is 0.336 e. The molecule has 21 heavy (non-hydrogen) atoms. The summed E-state index contributed by atoms with van der Waals surface area (Å²) in [6.07, 6.45) is -0.482. The Kier molecular flexibility index (Phi) is 5.59. The highest BCUT2D eigenvalue weighted by Gasteiger charge is 2.27. The first kappa shape index (κ1) is 15.8. The molecule has 0 N–H and O–H groups in total. The van der Waals surface area contributed by atoms with E-state index in [9.17, 15) is 4.79 Å². The van der Waals surface area contributed by atoms with Crippen molar-refractivity contribution in [3.05, 3.63) is 29.3 Å². The fourth-order valence-corrected chi connectivity index (χ4v) is 2.49. The third-order valence-electron chi connectivity index (χ3n) is 3.49. The van der Waals surface area contributed by atoms with Crippen LogP contribution in [0.3, 0.4) is 0 Å². The number of ether oxygens (including phenoxy) is 3. The zero-order valence-corrected chi connectivity index (χ0v) is 12.9. The summed E-state index contributed by atoms with van der Waals surface area (Å²) >= 11 is 0. The van der Waals surface area contributed by atoms with Crippen molar-refractivity contribution in [1.82, 2.24) is 4.90 Å². The lowest BCUT2D eigenvalue weighted by Crippen LogP contribution is -2.47. The van der Waals surface area contributed by atoms with E-state index in [4.69, 9.17) is 14.2 Å². The molecule has 0 radical (unpaired) electrons. The molecule has 1 unspecified atom stereocenters. The van der Waals surface area contributed by atoms with Crippen LogP contribution in [0, 0.1) is 13.8 Å². The Morgan fingerprint density at radius 2 is 2.05 bits per heavy atom. The van der Waals surface area contributed by atoms with Gasteiger partial charge < -0.3 is 14.2 Å². The van der Waals surface area contributed by atoms with Gasteiger partial charge in [0.1, 0.15) is 12.4 Å². The van der Waals surface area contributed by atoms with Crippen LogP contribution in [0.15, 0.2) is 18.2 Å². The molecule has 1 fully saturated rings. The molecule has 0 aromatic heterocycles. The first-order valence-corrected chi connectivity index (χ1v) is 7.21. The molecule has 0 aliphatic carbocycles. The number of carbonyl (C=O) groups is 1. The van der Waals surface area contributed by atoms with Crippen molar-refractivity contribution in [3.8, 4) is 5.75 Å². The number of rotatable bonds is 5. The molecule has 1 heterocycles. The van der Waals surface area contributed by atoms with Crippen molar-refractivity contribution in [2.45, 2.75) is 20.0 Å². The molecule has 0 saturated carbocycles. The van der Waals surface area contributed by atoms with Crippen LogP contribution in [0.1, 0.15) is 11.1 Å². The van der Waals surface area contributed by atoms with Crippen molar-refractivity contribution in [1.29, 1.82) is 0 Å². The minimum Gasteiger partial charge on any atom is -0.492 e. The molecule has 5 nitrogen and oxygen atoms in total. The number of methoxy groups -OCH3 is 1. The summed E-state index contributed by atoms with van der Waals surface area (Å²) in [7, 11) is 1.38. The number of nitrogens with zero attached hydrogens (tertiary/aromatic N) is 1. The summed E-state index contributed by atoms with van der Waals surface area (Å²) in [6.45, 7) is 7.39. The number of hydrogen-bond donors (Lipinski definition) is 0. The number of carbonyl (C=O) groups excluding carboxylic acids is 1. The highest BCUT2D eigenvalue weighted by molar-refractivity contribution is 5.74. The average molecular weight is 293 g/mol. The molecule has 116 valence electrons. The lowest BCUT2D eigenvalue weighted by atomic mass is 10.1. The van der Waals surface area contributed by atoms with Gasteiger partial charge in [0, 0.05) is 19.6 Å². The third kappa shape index (κ3) is 4.72. The van der Waals surface area contributed by atoms with Crippen molar-refractivity contribution in [2.24, 2.45) is 0 Å². The maximum atomic E-state index is 11.5. The van der Waals surface area contributed by atoms with Gasteiger partial charge in [0.25, 0.3) is 0 Å². The minimum absolute atomic E-state index is 0.310. The van der Waals surface area contributed by atoms with Gasteiger partial charge in [0.2, 0.25) is 0 Å². The normalized spacial score (nSPS) is 19.3.